The van der Waals surface area contributed by atoms with Crippen molar-refractivity contribution in [2.75, 3.05) is 44.2 Å². The molecule has 2 aromatic carbocycles. The zero-order valence-electron chi connectivity index (χ0n) is 15.8. The topological polar surface area (TPSA) is 69.7 Å². The van der Waals surface area contributed by atoms with Crippen molar-refractivity contribution in [3.05, 3.63) is 59.1 Å². The first-order chi connectivity index (χ1) is 13.3. The second kappa shape index (κ2) is 9.05. The molecule has 28 heavy (non-hydrogen) atoms. The van der Waals surface area contributed by atoms with Gasteiger partial charge in [-0.1, -0.05) is 23.7 Å². The number of carbonyl (C=O) groups excluding carboxylic acids is 1. The third-order valence-corrected chi connectivity index (χ3v) is 6.55. The highest BCUT2D eigenvalue weighted by Gasteiger charge is 2.19. The third kappa shape index (κ3) is 5.32. The largest absolute Gasteiger partial charge is 0.369 e. The quantitative estimate of drug-likeness (QED) is 0.696. The van der Waals surface area contributed by atoms with Gasteiger partial charge in [0.05, 0.1) is 4.90 Å². The van der Waals surface area contributed by atoms with Crippen molar-refractivity contribution in [3.63, 3.8) is 0 Å². The number of carbonyl (C=O) groups is 1. The van der Waals surface area contributed by atoms with Crippen LogP contribution in [-0.4, -0.2) is 58.4 Å². The summed E-state index contributed by atoms with van der Waals surface area (Å²) in [5, 5.41) is 0.725. The van der Waals surface area contributed by atoms with Gasteiger partial charge in [0.15, 0.2) is 5.78 Å². The molecule has 0 spiro atoms. The Bertz CT molecular complexity index is 924. The number of anilines is 1. The molecular formula is C20H24ClN3O3S. The highest BCUT2D eigenvalue weighted by molar-refractivity contribution is 7.89. The van der Waals surface area contributed by atoms with Gasteiger partial charge in [-0.25, -0.2) is 13.1 Å². The molecule has 0 bridgehead atoms. The lowest BCUT2D eigenvalue weighted by atomic mass is 10.2. The van der Waals surface area contributed by atoms with Crippen LogP contribution < -0.4 is 9.62 Å². The zero-order chi connectivity index (χ0) is 20.1. The highest BCUT2D eigenvalue weighted by Crippen LogP contribution is 2.19. The lowest BCUT2D eigenvalue weighted by molar-refractivity contribution is 0.101. The van der Waals surface area contributed by atoms with Crippen molar-refractivity contribution in [2.24, 2.45) is 0 Å². The van der Waals surface area contributed by atoms with Crippen LogP contribution in [0.25, 0.3) is 0 Å². The molecule has 0 aromatic heterocycles. The summed E-state index contributed by atoms with van der Waals surface area (Å²) in [5.74, 6) is -0.157. The summed E-state index contributed by atoms with van der Waals surface area (Å²) in [4.78, 5) is 16.1. The molecule has 1 aliphatic heterocycles. The van der Waals surface area contributed by atoms with Gasteiger partial charge < -0.3 is 4.90 Å². The van der Waals surface area contributed by atoms with Crippen LogP contribution >= 0.6 is 11.6 Å². The molecule has 150 valence electrons. The molecule has 1 fully saturated rings. The summed E-state index contributed by atoms with van der Waals surface area (Å²) in [7, 11) is -3.63. The molecule has 0 atom stereocenters. The fourth-order valence-electron chi connectivity index (χ4n) is 3.19. The predicted molar refractivity (Wildman–Crippen MR) is 112 cm³/mol. The molecule has 6 nitrogen and oxygen atoms in total. The SMILES string of the molecule is CC(=O)c1cccc(S(=O)(=O)NCCN2CCN(c3ccc(Cl)cc3)CC2)c1. The van der Waals surface area contributed by atoms with Crippen molar-refractivity contribution in [1.82, 2.24) is 9.62 Å². The van der Waals surface area contributed by atoms with Crippen LogP contribution in [0.4, 0.5) is 5.69 Å². The van der Waals surface area contributed by atoms with Gasteiger partial charge in [0.2, 0.25) is 10.0 Å². The molecule has 1 N–H and O–H groups in total. The van der Waals surface area contributed by atoms with Gasteiger partial charge in [-0.3, -0.25) is 9.69 Å². The molecule has 3 rings (SSSR count). The van der Waals surface area contributed by atoms with Gasteiger partial charge in [-0.15, -0.1) is 0 Å². The molecule has 0 saturated carbocycles. The Morgan fingerprint density at radius 2 is 1.75 bits per heavy atom. The first-order valence-corrected chi connectivity index (χ1v) is 11.0. The number of nitrogens with one attached hydrogen (secondary N) is 1. The van der Waals surface area contributed by atoms with Crippen molar-refractivity contribution < 1.29 is 13.2 Å². The highest BCUT2D eigenvalue weighted by atomic mass is 35.5. The van der Waals surface area contributed by atoms with Crippen LogP contribution in [0, 0.1) is 0 Å². The van der Waals surface area contributed by atoms with Crippen LogP contribution in [0.5, 0.6) is 0 Å². The van der Waals surface area contributed by atoms with E-state index in [2.05, 4.69) is 14.5 Å². The number of Topliss-reactive ketones (excluding diaryl/α,β-unsaturated/α-hetero) is 1. The van der Waals surface area contributed by atoms with Crippen LogP contribution in [0.15, 0.2) is 53.4 Å². The number of nitrogens with zero attached hydrogens (tertiary/aromatic N) is 2. The normalized spacial score (nSPS) is 15.6. The van der Waals surface area contributed by atoms with Crippen molar-refractivity contribution in [2.45, 2.75) is 11.8 Å². The van der Waals surface area contributed by atoms with E-state index in [0.29, 0.717) is 18.7 Å². The second-order valence-electron chi connectivity index (χ2n) is 6.79. The summed E-state index contributed by atoms with van der Waals surface area (Å²) in [5.41, 5.74) is 1.54. The number of hydrogen-bond acceptors (Lipinski definition) is 5. The van der Waals surface area contributed by atoms with E-state index in [-0.39, 0.29) is 10.7 Å². The number of piperazine rings is 1. The Morgan fingerprint density at radius 1 is 1.07 bits per heavy atom. The summed E-state index contributed by atoms with van der Waals surface area (Å²) in [6.45, 7) is 5.88. The van der Waals surface area contributed by atoms with Gasteiger partial charge >= 0.3 is 0 Å². The lowest BCUT2D eigenvalue weighted by Gasteiger charge is -2.36. The minimum absolute atomic E-state index is 0.118. The first kappa shape index (κ1) is 20.8. The number of halogens is 1. The monoisotopic (exact) mass is 421 g/mol. The molecule has 0 aliphatic carbocycles. The van der Waals surface area contributed by atoms with E-state index >= 15 is 0 Å². The second-order valence-corrected chi connectivity index (χ2v) is 8.99. The van der Waals surface area contributed by atoms with Gasteiger partial charge in [0.25, 0.3) is 0 Å². The van der Waals surface area contributed by atoms with Gasteiger partial charge in [0.1, 0.15) is 0 Å². The van der Waals surface area contributed by atoms with E-state index in [4.69, 9.17) is 11.6 Å². The standard InChI is InChI=1S/C20H24ClN3O3S/c1-16(25)17-3-2-4-20(15-17)28(26,27)22-9-10-23-11-13-24(14-12-23)19-7-5-18(21)6-8-19/h2-8,15,22H,9-14H2,1H3. The Labute approximate surface area is 171 Å². The molecule has 0 radical (unpaired) electrons. The minimum Gasteiger partial charge on any atom is -0.369 e. The third-order valence-electron chi connectivity index (χ3n) is 4.84. The van der Waals surface area contributed by atoms with E-state index in [1.54, 1.807) is 12.1 Å². The maximum Gasteiger partial charge on any atom is 0.240 e. The number of ketones is 1. The molecule has 8 heteroatoms. The predicted octanol–water partition coefficient (Wildman–Crippen LogP) is 2.64. The van der Waals surface area contributed by atoms with Crippen LogP contribution in [-0.2, 0) is 10.0 Å². The van der Waals surface area contributed by atoms with Crippen LogP contribution in [0.3, 0.4) is 0 Å². The van der Waals surface area contributed by atoms with E-state index in [0.717, 1.165) is 36.9 Å². The molecule has 0 unspecified atom stereocenters. The zero-order valence-corrected chi connectivity index (χ0v) is 17.3. The summed E-state index contributed by atoms with van der Waals surface area (Å²) < 4.78 is 27.5. The van der Waals surface area contributed by atoms with Crippen molar-refractivity contribution >= 4 is 33.1 Å². The Hall–Kier alpha value is -1.93. The fraction of sp³-hybridized carbons (Fsp3) is 0.350. The van der Waals surface area contributed by atoms with E-state index < -0.39 is 10.0 Å². The molecule has 1 aliphatic rings. The maximum atomic E-state index is 12.5. The van der Waals surface area contributed by atoms with Crippen LogP contribution in [0.1, 0.15) is 17.3 Å². The van der Waals surface area contributed by atoms with Gasteiger partial charge in [-0.2, -0.15) is 0 Å². The Balaban J connectivity index is 1.48. The first-order valence-electron chi connectivity index (χ1n) is 9.19. The molecule has 1 saturated heterocycles. The van der Waals surface area contributed by atoms with E-state index in [1.807, 2.05) is 24.3 Å². The summed E-state index contributed by atoms with van der Waals surface area (Å²) >= 11 is 5.94. The summed E-state index contributed by atoms with van der Waals surface area (Å²) in [6.07, 6.45) is 0. The average molecular weight is 422 g/mol. The van der Waals surface area contributed by atoms with E-state index in [1.165, 1.54) is 19.1 Å². The van der Waals surface area contributed by atoms with Crippen LogP contribution in [0.2, 0.25) is 5.02 Å². The van der Waals surface area contributed by atoms with E-state index in [9.17, 15) is 13.2 Å². The maximum absolute atomic E-state index is 12.5. The molecule has 0 amide bonds. The number of rotatable bonds is 7. The molecule has 2 aromatic rings. The molecular weight excluding hydrogens is 398 g/mol. The number of sulfonamides is 1. The Kier molecular flexibility index (Phi) is 6.72. The lowest BCUT2D eigenvalue weighted by Crippen LogP contribution is -2.48. The van der Waals surface area contributed by atoms with Crippen molar-refractivity contribution in [1.29, 1.82) is 0 Å². The smallest absolute Gasteiger partial charge is 0.240 e. The fourth-order valence-corrected chi connectivity index (χ4v) is 4.38. The van der Waals surface area contributed by atoms with Gasteiger partial charge in [-0.05, 0) is 43.3 Å². The molecule has 1 heterocycles. The summed E-state index contributed by atoms with van der Waals surface area (Å²) in [6, 6.07) is 13.9. The van der Waals surface area contributed by atoms with Crippen molar-refractivity contribution in [3.8, 4) is 0 Å². The average Bonchev–Trinajstić information content (AvgIpc) is 2.69. The Morgan fingerprint density at radius 3 is 2.39 bits per heavy atom. The minimum atomic E-state index is -3.63. The number of benzene rings is 2. The number of hydrogen-bond donors (Lipinski definition) is 1. The van der Waals surface area contributed by atoms with Gasteiger partial charge in [0, 0.05) is 55.5 Å².